The Bertz CT molecular complexity index is 881. The molecule has 134 valence electrons. The molecule has 0 saturated carbocycles. The minimum absolute atomic E-state index is 0.134. The second-order valence-electron chi connectivity index (χ2n) is 5.69. The highest BCUT2D eigenvalue weighted by Gasteiger charge is 2.19. The van der Waals surface area contributed by atoms with Crippen LogP contribution in [0.3, 0.4) is 0 Å². The summed E-state index contributed by atoms with van der Waals surface area (Å²) in [5, 5.41) is 0.842. The van der Waals surface area contributed by atoms with Gasteiger partial charge in [-0.05, 0) is 35.9 Å². The van der Waals surface area contributed by atoms with Gasteiger partial charge < -0.3 is 4.90 Å². The Morgan fingerprint density at radius 3 is 2.16 bits per heavy atom. The first kappa shape index (κ1) is 19.7. The van der Waals surface area contributed by atoms with Crippen LogP contribution in [-0.4, -0.2) is 44.7 Å². The zero-order chi connectivity index (χ0) is 18.8. The number of sulfonamides is 1. The van der Waals surface area contributed by atoms with Crippen LogP contribution in [0.5, 0.6) is 0 Å². The van der Waals surface area contributed by atoms with Crippen molar-refractivity contribution in [3.05, 3.63) is 63.6 Å². The molecule has 0 bridgehead atoms. The Balaban J connectivity index is 2.19. The first-order chi connectivity index (χ1) is 11.6. The van der Waals surface area contributed by atoms with Crippen LogP contribution in [0, 0.1) is 0 Å². The lowest BCUT2D eigenvalue weighted by Crippen LogP contribution is -2.26. The molecule has 0 aliphatic rings. The van der Waals surface area contributed by atoms with Crippen molar-refractivity contribution in [1.82, 2.24) is 9.21 Å². The van der Waals surface area contributed by atoms with E-state index in [9.17, 15) is 13.2 Å². The zero-order valence-electron chi connectivity index (χ0n) is 14.0. The molecule has 0 aromatic heterocycles. The van der Waals surface area contributed by atoms with Crippen LogP contribution in [0.1, 0.15) is 15.9 Å². The molecule has 0 saturated heterocycles. The quantitative estimate of drug-likeness (QED) is 0.771. The molecule has 0 N–H and O–H groups in total. The summed E-state index contributed by atoms with van der Waals surface area (Å²) in [6.07, 6.45) is 0. The van der Waals surface area contributed by atoms with Crippen LogP contribution < -0.4 is 0 Å². The van der Waals surface area contributed by atoms with Gasteiger partial charge in [0.15, 0.2) is 0 Å². The third-order valence-electron chi connectivity index (χ3n) is 3.67. The number of hydrogen-bond donors (Lipinski definition) is 0. The van der Waals surface area contributed by atoms with Gasteiger partial charge in [-0.15, -0.1) is 0 Å². The predicted octanol–water partition coefficient (Wildman–Crippen LogP) is 3.52. The highest BCUT2D eigenvalue weighted by atomic mass is 35.5. The fourth-order valence-electron chi connectivity index (χ4n) is 2.20. The molecule has 2 rings (SSSR count). The molecular formula is C17H18Cl2N2O3S. The summed E-state index contributed by atoms with van der Waals surface area (Å²) in [6, 6.07) is 11.1. The summed E-state index contributed by atoms with van der Waals surface area (Å²) in [5.41, 5.74) is 1.12. The van der Waals surface area contributed by atoms with Gasteiger partial charge in [-0.3, -0.25) is 4.79 Å². The van der Waals surface area contributed by atoms with E-state index in [1.165, 1.54) is 43.3 Å². The van der Waals surface area contributed by atoms with Crippen molar-refractivity contribution >= 4 is 39.1 Å². The molecule has 0 atom stereocenters. The van der Waals surface area contributed by atoms with E-state index in [2.05, 4.69) is 0 Å². The van der Waals surface area contributed by atoms with Gasteiger partial charge >= 0.3 is 0 Å². The molecular weight excluding hydrogens is 383 g/mol. The number of hydrogen-bond acceptors (Lipinski definition) is 3. The largest absolute Gasteiger partial charge is 0.337 e. The van der Waals surface area contributed by atoms with E-state index in [0.717, 1.165) is 9.87 Å². The smallest absolute Gasteiger partial charge is 0.253 e. The second kappa shape index (κ2) is 7.74. The van der Waals surface area contributed by atoms with Crippen molar-refractivity contribution in [3.63, 3.8) is 0 Å². The number of carbonyl (C=O) groups is 1. The van der Waals surface area contributed by atoms with E-state index in [1.54, 1.807) is 25.2 Å². The van der Waals surface area contributed by atoms with E-state index < -0.39 is 10.0 Å². The average molecular weight is 401 g/mol. The number of halogens is 2. The molecule has 0 aliphatic heterocycles. The van der Waals surface area contributed by atoms with Gasteiger partial charge in [0, 0.05) is 33.3 Å². The van der Waals surface area contributed by atoms with Gasteiger partial charge in [-0.2, -0.15) is 0 Å². The fraction of sp³-hybridized carbons (Fsp3) is 0.235. The fourth-order valence-corrected chi connectivity index (χ4v) is 3.48. The lowest BCUT2D eigenvalue weighted by molar-refractivity contribution is 0.0785. The lowest BCUT2D eigenvalue weighted by Gasteiger charge is -2.19. The molecule has 2 aromatic rings. The summed E-state index contributed by atoms with van der Waals surface area (Å²) in [4.78, 5) is 14.2. The van der Waals surface area contributed by atoms with Crippen LogP contribution in [0.2, 0.25) is 10.0 Å². The van der Waals surface area contributed by atoms with Crippen LogP contribution in [-0.2, 0) is 16.6 Å². The van der Waals surface area contributed by atoms with Crippen molar-refractivity contribution in [3.8, 4) is 0 Å². The maximum absolute atomic E-state index is 12.5. The third-order valence-corrected chi connectivity index (χ3v) is 6.35. The third kappa shape index (κ3) is 4.33. The number of rotatable bonds is 5. The lowest BCUT2D eigenvalue weighted by atomic mass is 10.1. The molecule has 0 heterocycles. The SMILES string of the molecule is CN(Cc1cccc(Cl)c1Cl)C(=O)c1ccc(S(=O)(=O)N(C)C)cc1. The Kier molecular flexibility index (Phi) is 6.11. The highest BCUT2D eigenvalue weighted by Crippen LogP contribution is 2.26. The highest BCUT2D eigenvalue weighted by molar-refractivity contribution is 7.89. The predicted molar refractivity (Wildman–Crippen MR) is 99.6 cm³/mol. The molecule has 25 heavy (non-hydrogen) atoms. The monoisotopic (exact) mass is 400 g/mol. The van der Waals surface area contributed by atoms with Crippen LogP contribution in [0.25, 0.3) is 0 Å². The molecule has 2 aromatic carbocycles. The minimum atomic E-state index is -3.52. The van der Waals surface area contributed by atoms with E-state index in [0.29, 0.717) is 15.6 Å². The summed E-state index contributed by atoms with van der Waals surface area (Å²) in [6.45, 7) is 0.288. The van der Waals surface area contributed by atoms with Crippen molar-refractivity contribution in [2.45, 2.75) is 11.4 Å². The van der Waals surface area contributed by atoms with Crippen LogP contribution in [0.4, 0.5) is 0 Å². The Hall–Kier alpha value is -1.60. The molecule has 1 amide bonds. The number of benzene rings is 2. The van der Waals surface area contributed by atoms with Gasteiger partial charge in [-0.25, -0.2) is 12.7 Å². The molecule has 8 heteroatoms. The Morgan fingerprint density at radius 1 is 1.00 bits per heavy atom. The maximum Gasteiger partial charge on any atom is 0.253 e. The summed E-state index contributed by atoms with van der Waals surface area (Å²) in [5.74, 6) is -0.246. The van der Waals surface area contributed by atoms with E-state index in [1.807, 2.05) is 0 Å². The first-order valence-electron chi connectivity index (χ1n) is 7.35. The molecule has 0 unspecified atom stereocenters. The average Bonchev–Trinajstić information content (AvgIpc) is 2.58. The number of carbonyl (C=O) groups excluding carboxylic acids is 1. The standard InChI is InChI=1S/C17H18Cl2N2O3S/c1-20(2)25(23,24)14-9-7-12(8-10-14)17(22)21(3)11-13-5-4-6-15(18)16(13)19/h4-10H,11H2,1-3H3. The van der Waals surface area contributed by atoms with Crippen molar-refractivity contribution < 1.29 is 13.2 Å². The number of amides is 1. The maximum atomic E-state index is 12.5. The Morgan fingerprint density at radius 2 is 1.60 bits per heavy atom. The molecule has 0 aliphatic carbocycles. The van der Waals surface area contributed by atoms with Gasteiger partial charge in [0.25, 0.3) is 5.91 Å². The van der Waals surface area contributed by atoms with E-state index in [-0.39, 0.29) is 17.3 Å². The van der Waals surface area contributed by atoms with E-state index >= 15 is 0 Å². The van der Waals surface area contributed by atoms with Crippen molar-refractivity contribution in [2.75, 3.05) is 21.1 Å². The first-order valence-corrected chi connectivity index (χ1v) is 9.55. The molecule has 0 spiro atoms. The van der Waals surface area contributed by atoms with Crippen molar-refractivity contribution in [2.24, 2.45) is 0 Å². The van der Waals surface area contributed by atoms with Crippen LogP contribution in [0.15, 0.2) is 47.4 Å². The minimum Gasteiger partial charge on any atom is -0.337 e. The van der Waals surface area contributed by atoms with Gasteiger partial charge in [0.1, 0.15) is 0 Å². The van der Waals surface area contributed by atoms with Crippen molar-refractivity contribution in [1.29, 1.82) is 0 Å². The summed E-state index contributed by atoms with van der Waals surface area (Å²) in [7, 11) is 1.03. The normalized spacial score (nSPS) is 11.6. The molecule has 5 nitrogen and oxygen atoms in total. The van der Waals surface area contributed by atoms with E-state index in [4.69, 9.17) is 23.2 Å². The zero-order valence-corrected chi connectivity index (χ0v) is 16.4. The molecule has 0 fully saturated rings. The number of nitrogens with zero attached hydrogens (tertiary/aromatic N) is 2. The van der Waals surface area contributed by atoms with Gasteiger partial charge in [0.2, 0.25) is 10.0 Å². The topological polar surface area (TPSA) is 57.7 Å². The van der Waals surface area contributed by atoms with Gasteiger partial charge in [-0.1, -0.05) is 35.3 Å². The summed E-state index contributed by atoms with van der Waals surface area (Å²) >= 11 is 12.1. The van der Waals surface area contributed by atoms with Gasteiger partial charge in [0.05, 0.1) is 14.9 Å². The Labute approximate surface area is 157 Å². The second-order valence-corrected chi connectivity index (χ2v) is 8.62. The summed E-state index contributed by atoms with van der Waals surface area (Å²) < 4.78 is 25.2. The molecule has 0 radical (unpaired) electrons. The van der Waals surface area contributed by atoms with Crippen LogP contribution >= 0.6 is 23.2 Å².